The Kier molecular flexibility index (Phi) is 6.20. The molecule has 2 rings (SSSR count). The zero-order chi connectivity index (χ0) is 15.1. The molecule has 1 aliphatic heterocycles. The number of hydrogen-bond donors (Lipinski definition) is 2. The Balaban J connectivity index is 2.03. The highest BCUT2D eigenvalue weighted by molar-refractivity contribution is 5.47. The Morgan fingerprint density at radius 3 is 2.71 bits per heavy atom. The van der Waals surface area contributed by atoms with Crippen molar-refractivity contribution in [1.82, 2.24) is 9.97 Å². The van der Waals surface area contributed by atoms with Crippen molar-refractivity contribution in [3.63, 3.8) is 0 Å². The molecule has 1 atom stereocenters. The number of ether oxygens (including phenoxy) is 2. The third kappa shape index (κ3) is 4.82. The zero-order valence-electron chi connectivity index (χ0n) is 13.2. The average molecular weight is 294 g/mol. The monoisotopic (exact) mass is 294 g/mol. The van der Waals surface area contributed by atoms with Gasteiger partial charge in [0.25, 0.3) is 0 Å². The van der Waals surface area contributed by atoms with E-state index in [1.807, 2.05) is 20.0 Å². The molecule has 6 heteroatoms. The molecule has 1 aromatic heterocycles. The minimum atomic E-state index is 0.369. The van der Waals surface area contributed by atoms with Gasteiger partial charge in [-0.1, -0.05) is 0 Å². The summed E-state index contributed by atoms with van der Waals surface area (Å²) in [5, 5.41) is 6.57. The topological polar surface area (TPSA) is 68.3 Å². The maximum absolute atomic E-state index is 5.42. The Labute approximate surface area is 126 Å². The molecule has 1 fully saturated rings. The molecule has 2 heterocycles. The first kappa shape index (κ1) is 16.0. The van der Waals surface area contributed by atoms with Gasteiger partial charge < -0.3 is 20.1 Å². The Morgan fingerprint density at radius 1 is 1.33 bits per heavy atom. The second kappa shape index (κ2) is 8.14. The highest BCUT2D eigenvalue weighted by atomic mass is 16.5. The van der Waals surface area contributed by atoms with Crippen LogP contribution in [0.3, 0.4) is 0 Å². The predicted octanol–water partition coefficient (Wildman–Crippen LogP) is 2.28. The van der Waals surface area contributed by atoms with Gasteiger partial charge in [0.1, 0.15) is 18.2 Å². The van der Waals surface area contributed by atoms with E-state index < -0.39 is 0 Å². The molecule has 118 valence electrons. The minimum Gasteiger partial charge on any atom is -0.381 e. The van der Waals surface area contributed by atoms with Gasteiger partial charge in [0.15, 0.2) is 5.82 Å². The van der Waals surface area contributed by atoms with E-state index in [1.54, 1.807) is 0 Å². The fourth-order valence-corrected chi connectivity index (χ4v) is 2.52. The van der Waals surface area contributed by atoms with Gasteiger partial charge in [-0.15, -0.1) is 0 Å². The van der Waals surface area contributed by atoms with Crippen LogP contribution in [0.1, 0.15) is 32.5 Å². The van der Waals surface area contributed by atoms with E-state index in [9.17, 15) is 0 Å². The van der Waals surface area contributed by atoms with Crippen molar-refractivity contribution in [3.05, 3.63) is 11.9 Å². The first-order valence-electron chi connectivity index (χ1n) is 7.70. The fraction of sp³-hybridized carbons (Fsp3) is 0.733. The van der Waals surface area contributed by atoms with Gasteiger partial charge in [-0.3, -0.25) is 0 Å². The lowest BCUT2D eigenvalue weighted by Gasteiger charge is -2.28. The number of rotatable bonds is 7. The smallest absolute Gasteiger partial charge is 0.158 e. The van der Waals surface area contributed by atoms with Crippen molar-refractivity contribution in [2.24, 2.45) is 5.92 Å². The summed E-state index contributed by atoms with van der Waals surface area (Å²) in [6, 6.07) is 2.30. The average Bonchev–Trinajstić information content (AvgIpc) is 2.53. The van der Waals surface area contributed by atoms with Crippen LogP contribution in [0.2, 0.25) is 0 Å². The molecule has 0 aliphatic carbocycles. The van der Waals surface area contributed by atoms with Gasteiger partial charge in [-0.2, -0.15) is 0 Å². The summed E-state index contributed by atoms with van der Waals surface area (Å²) >= 11 is 0. The zero-order valence-corrected chi connectivity index (χ0v) is 13.2. The summed E-state index contributed by atoms with van der Waals surface area (Å²) in [6.07, 6.45) is 2.20. The third-order valence-electron chi connectivity index (χ3n) is 3.81. The number of hydrogen-bond acceptors (Lipinski definition) is 6. The van der Waals surface area contributed by atoms with Crippen molar-refractivity contribution in [2.75, 3.05) is 37.5 Å². The largest absolute Gasteiger partial charge is 0.381 e. The number of anilines is 2. The van der Waals surface area contributed by atoms with Crippen LogP contribution < -0.4 is 10.6 Å². The molecule has 0 amide bonds. The molecule has 0 spiro atoms. The van der Waals surface area contributed by atoms with Crippen molar-refractivity contribution in [2.45, 2.75) is 39.3 Å². The SMILES string of the molecule is CCOCc1nc(NC)cc(NC(C)C2CCOCC2)n1. The summed E-state index contributed by atoms with van der Waals surface area (Å²) in [4.78, 5) is 8.94. The summed E-state index contributed by atoms with van der Waals surface area (Å²) in [6.45, 7) is 6.99. The highest BCUT2D eigenvalue weighted by Crippen LogP contribution is 2.22. The molecule has 0 radical (unpaired) electrons. The normalized spacial score (nSPS) is 17.5. The number of aromatic nitrogens is 2. The molecule has 0 aromatic carbocycles. The number of nitrogens with one attached hydrogen (secondary N) is 2. The third-order valence-corrected chi connectivity index (χ3v) is 3.81. The molecule has 21 heavy (non-hydrogen) atoms. The maximum atomic E-state index is 5.42. The molecular weight excluding hydrogens is 268 g/mol. The Morgan fingerprint density at radius 2 is 2.05 bits per heavy atom. The standard InChI is InChI=1S/C15H26N4O2/c1-4-20-10-15-18-13(16-3)9-14(19-15)17-11(2)12-5-7-21-8-6-12/h9,11-12H,4-8,10H2,1-3H3,(H2,16,17,18,19). The summed E-state index contributed by atoms with van der Waals surface area (Å²) in [5.74, 6) is 2.98. The summed E-state index contributed by atoms with van der Waals surface area (Å²) < 4.78 is 10.8. The first-order chi connectivity index (χ1) is 10.2. The molecule has 6 nitrogen and oxygen atoms in total. The van der Waals surface area contributed by atoms with Gasteiger partial charge in [-0.05, 0) is 32.6 Å². The minimum absolute atomic E-state index is 0.369. The van der Waals surface area contributed by atoms with Crippen molar-refractivity contribution in [1.29, 1.82) is 0 Å². The first-order valence-corrected chi connectivity index (χ1v) is 7.70. The molecule has 1 aliphatic rings. The molecule has 1 aromatic rings. The number of nitrogens with zero attached hydrogens (tertiary/aromatic N) is 2. The fourth-order valence-electron chi connectivity index (χ4n) is 2.52. The summed E-state index contributed by atoms with van der Waals surface area (Å²) in [7, 11) is 1.86. The van der Waals surface area contributed by atoms with E-state index in [0.717, 1.165) is 37.7 Å². The van der Waals surface area contributed by atoms with Crippen LogP contribution in [-0.2, 0) is 16.1 Å². The van der Waals surface area contributed by atoms with Crippen LogP contribution in [0.5, 0.6) is 0 Å². The van der Waals surface area contributed by atoms with E-state index in [0.29, 0.717) is 31.0 Å². The van der Waals surface area contributed by atoms with Gasteiger partial charge in [-0.25, -0.2) is 9.97 Å². The van der Waals surface area contributed by atoms with Crippen molar-refractivity contribution in [3.8, 4) is 0 Å². The van der Waals surface area contributed by atoms with E-state index in [-0.39, 0.29) is 0 Å². The lowest BCUT2D eigenvalue weighted by molar-refractivity contribution is 0.0622. The predicted molar refractivity (Wildman–Crippen MR) is 83.5 cm³/mol. The van der Waals surface area contributed by atoms with Crippen LogP contribution in [-0.4, -0.2) is 42.9 Å². The van der Waals surface area contributed by atoms with Crippen LogP contribution in [0, 0.1) is 5.92 Å². The van der Waals surface area contributed by atoms with E-state index in [4.69, 9.17) is 9.47 Å². The van der Waals surface area contributed by atoms with Gasteiger partial charge in [0.05, 0.1) is 0 Å². The molecular formula is C15H26N4O2. The molecule has 2 N–H and O–H groups in total. The van der Waals surface area contributed by atoms with Gasteiger partial charge >= 0.3 is 0 Å². The van der Waals surface area contributed by atoms with Gasteiger partial charge in [0.2, 0.25) is 0 Å². The lowest BCUT2D eigenvalue weighted by Crippen LogP contribution is -2.31. The van der Waals surface area contributed by atoms with Crippen molar-refractivity contribution >= 4 is 11.6 Å². The Hall–Kier alpha value is -1.40. The molecule has 1 saturated heterocycles. The van der Waals surface area contributed by atoms with Crippen LogP contribution in [0.15, 0.2) is 6.07 Å². The molecule has 0 bridgehead atoms. The quantitative estimate of drug-likeness (QED) is 0.804. The molecule has 1 unspecified atom stereocenters. The highest BCUT2D eigenvalue weighted by Gasteiger charge is 2.21. The van der Waals surface area contributed by atoms with Crippen LogP contribution in [0.4, 0.5) is 11.6 Å². The Bertz CT molecular complexity index is 436. The lowest BCUT2D eigenvalue weighted by atomic mass is 9.93. The van der Waals surface area contributed by atoms with Gasteiger partial charge in [0, 0.05) is 39.0 Å². The maximum Gasteiger partial charge on any atom is 0.158 e. The summed E-state index contributed by atoms with van der Waals surface area (Å²) in [5.41, 5.74) is 0. The van der Waals surface area contributed by atoms with Crippen LogP contribution in [0.25, 0.3) is 0 Å². The molecule has 0 saturated carbocycles. The van der Waals surface area contributed by atoms with E-state index in [1.165, 1.54) is 0 Å². The van der Waals surface area contributed by atoms with E-state index in [2.05, 4.69) is 27.5 Å². The van der Waals surface area contributed by atoms with Crippen LogP contribution >= 0.6 is 0 Å². The van der Waals surface area contributed by atoms with E-state index >= 15 is 0 Å². The second-order valence-corrected chi connectivity index (χ2v) is 5.32. The second-order valence-electron chi connectivity index (χ2n) is 5.32. The van der Waals surface area contributed by atoms with Crippen molar-refractivity contribution < 1.29 is 9.47 Å².